The van der Waals surface area contributed by atoms with Gasteiger partial charge in [0.05, 0.1) is 30.2 Å². The van der Waals surface area contributed by atoms with E-state index in [4.69, 9.17) is 0 Å². The summed E-state index contributed by atoms with van der Waals surface area (Å²) in [5.74, 6) is 0. The van der Waals surface area contributed by atoms with Crippen molar-refractivity contribution in [1.82, 2.24) is 40.2 Å². The van der Waals surface area contributed by atoms with Gasteiger partial charge in [-0.05, 0) is 23.8 Å². The Morgan fingerprint density at radius 3 is 2.93 bits per heavy atom. The average molecular weight is 396 g/mol. The van der Waals surface area contributed by atoms with Gasteiger partial charge in [0, 0.05) is 11.6 Å². The maximum Gasteiger partial charge on any atom is 0.225 e. The van der Waals surface area contributed by atoms with Gasteiger partial charge >= 0.3 is 0 Å². The molecule has 0 unspecified atom stereocenters. The van der Waals surface area contributed by atoms with Crippen LogP contribution in [0.5, 0.6) is 0 Å². The minimum Gasteiger partial charge on any atom is -0.307 e. The van der Waals surface area contributed by atoms with E-state index in [9.17, 15) is 8.42 Å². The zero-order valence-electron chi connectivity index (χ0n) is 14.9. The summed E-state index contributed by atoms with van der Waals surface area (Å²) in [6.45, 7) is 4.21. The van der Waals surface area contributed by atoms with Crippen LogP contribution in [0.3, 0.4) is 0 Å². The molecule has 28 heavy (non-hydrogen) atoms. The molecule has 3 heterocycles. The SMILES string of the molecule is C=C(NNS(C)(=O)=O)c1cnc2nnn(Cc3ccc4ncccc4c3)c2n1. The third-order valence-corrected chi connectivity index (χ3v) is 4.40. The van der Waals surface area contributed by atoms with Gasteiger partial charge in [0.15, 0.2) is 5.65 Å². The van der Waals surface area contributed by atoms with Crippen molar-refractivity contribution in [2.24, 2.45) is 0 Å². The summed E-state index contributed by atoms with van der Waals surface area (Å²) >= 11 is 0. The average Bonchev–Trinajstić information content (AvgIpc) is 3.07. The van der Waals surface area contributed by atoms with Crippen molar-refractivity contribution >= 4 is 37.9 Å². The standard InChI is InChI=1S/C17H16N8O2S/c1-11(21-24-28(2,26)27)15-9-19-16-17(20-15)25(23-22-16)10-12-5-6-14-13(8-12)4-3-7-18-14/h3-9,21,24H,1,10H2,2H3. The van der Waals surface area contributed by atoms with E-state index in [2.05, 4.69) is 42.1 Å². The number of hydrazine groups is 1. The molecule has 0 fully saturated rings. The lowest BCUT2D eigenvalue weighted by molar-refractivity contribution is 0.582. The summed E-state index contributed by atoms with van der Waals surface area (Å²) < 4.78 is 24.0. The van der Waals surface area contributed by atoms with Crippen molar-refractivity contribution < 1.29 is 8.42 Å². The molecule has 0 radical (unpaired) electrons. The minimum atomic E-state index is -3.43. The lowest BCUT2D eigenvalue weighted by Crippen LogP contribution is -2.35. The first-order chi connectivity index (χ1) is 13.4. The second-order valence-electron chi connectivity index (χ2n) is 6.16. The molecule has 0 saturated heterocycles. The molecule has 0 aliphatic carbocycles. The number of sulfonamides is 1. The highest BCUT2D eigenvalue weighted by molar-refractivity contribution is 7.88. The fraction of sp³-hybridized carbons (Fsp3) is 0.118. The van der Waals surface area contributed by atoms with E-state index >= 15 is 0 Å². The number of hydrogen-bond donors (Lipinski definition) is 2. The smallest absolute Gasteiger partial charge is 0.225 e. The highest BCUT2D eigenvalue weighted by Crippen LogP contribution is 2.16. The molecule has 4 aromatic rings. The maximum atomic E-state index is 11.2. The van der Waals surface area contributed by atoms with E-state index in [1.54, 1.807) is 10.9 Å². The van der Waals surface area contributed by atoms with Crippen LogP contribution >= 0.6 is 0 Å². The molecule has 3 aromatic heterocycles. The van der Waals surface area contributed by atoms with E-state index in [0.29, 0.717) is 23.5 Å². The predicted molar refractivity (Wildman–Crippen MR) is 104 cm³/mol. The maximum absolute atomic E-state index is 11.2. The Bertz CT molecular complexity index is 1300. The van der Waals surface area contributed by atoms with E-state index < -0.39 is 10.0 Å². The molecule has 0 spiro atoms. The van der Waals surface area contributed by atoms with Crippen LogP contribution in [0.15, 0.2) is 49.3 Å². The largest absolute Gasteiger partial charge is 0.307 e. The highest BCUT2D eigenvalue weighted by atomic mass is 32.2. The summed E-state index contributed by atoms with van der Waals surface area (Å²) in [6.07, 6.45) is 4.23. The third-order valence-electron chi connectivity index (χ3n) is 3.92. The van der Waals surface area contributed by atoms with Gasteiger partial charge in [-0.15, -0.1) is 9.93 Å². The molecule has 0 bridgehead atoms. The van der Waals surface area contributed by atoms with Crippen molar-refractivity contribution in [1.29, 1.82) is 0 Å². The van der Waals surface area contributed by atoms with Gasteiger partial charge in [0.25, 0.3) is 0 Å². The number of pyridine rings is 1. The second kappa shape index (κ2) is 6.94. The molecule has 10 nitrogen and oxygen atoms in total. The van der Waals surface area contributed by atoms with Crippen LogP contribution in [0, 0.1) is 0 Å². The Kier molecular flexibility index (Phi) is 4.45. The number of nitrogens with one attached hydrogen (secondary N) is 2. The van der Waals surface area contributed by atoms with Crippen LogP contribution < -0.4 is 10.3 Å². The summed E-state index contributed by atoms with van der Waals surface area (Å²) in [4.78, 5) is 15.1. The third kappa shape index (κ3) is 3.80. The van der Waals surface area contributed by atoms with Crippen LogP contribution in [0.4, 0.5) is 0 Å². The van der Waals surface area contributed by atoms with Gasteiger partial charge in [-0.3, -0.25) is 4.98 Å². The molecule has 4 rings (SSSR count). The zero-order valence-corrected chi connectivity index (χ0v) is 15.7. The van der Waals surface area contributed by atoms with Crippen LogP contribution in [0.25, 0.3) is 27.9 Å². The van der Waals surface area contributed by atoms with Crippen LogP contribution in [-0.2, 0) is 16.6 Å². The van der Waals surface area contributed by atoms with Gasteiger partial charge in [-0.2, -0.15) is 0 Å². The van der Waals surface area contributed by atoms with Crippen molar-refractivity contribution in [2.75, 3.05) is 6.26 Å². The molecule has 2 N–H and O–H groups in total. The molecule has 142 valence electrons. The molecule has 0 saturated carbocycles. The first-order valence-electron chi connectivity index (χ1n) is 8.21. The van der Waals surface area contributed by atoms with Crippen molar-refractivity contribution in [3.05, 3.63) is 60.6 Å². The van der Waals surface area contributed by atoms with Crippen molar-refractivity contribution in [3.8, 4) is 0 Å². The van der Waals surface area contributed by atoms with Crippen LogP contribution in [0.2, 0.25) is 0 Å². The molecule has 0 amide bonds. The zero-order chi connectivity index (χ0) is 19.7. The molecule has 1 aromatic carbocycles. The lowest BCUT2D eigenvalue weighted by atomic mass is 10.1. The molecular weight excluding hydrogens is 380 g/mol. The Morgan fingerprint density at radius 2 is 2.11 bits per heavy atom. The summed E-state index contributed by atoms with van der Waals surface area (Å²) in [5, 5.41) is 9.18. The molecule has 0 aliphatic heterocycles. The van der Waals surface area contributed by atoms with Crippen LogP contribution in [-0.4, -0.2) is 44.6 Å². The fourth-order valence-electron chi connectivity index (χ4n) is 2.62. The molecular formula is C17H16N8O2S. The van der Waals surface area contributed by atoms with E-state index in [1.807, 2.05) is 30.3 Å². The van der Waals surface area contributed by atoms with Crippen LogP contribution in [0.1, 0.15) is 11.3 Å². The first-order valence-corrected chi connectivity index (χ1v) is 10.1. The quantitative estimate of drug-likeness (QED) is 0.459. The van der Waals surface area contributed by atoms with Gasteiger partial charge in [-0.25, -0.2) is 23.1 Å². The van der Waals surface area contributed by atoms with Gasteiger partial charge in [0.1, 0.15) is 5.69 Å². The first kappa shape index (κ1) is 17.9. The van der Waals surface area contributed by atoms with Gasteiger partial charge < -0.3 is 5.43 Å². The van der Waals surface area contributed by atoms with E-state index in [0.717, 1.165) is 22.7 Å². The Balaban J connectivity index is 1.63. The number of aromatic nitrogens is 6. The monoisotopic (exact) mass is 396 g/mol. The topological polar surface area (TPSA) is 128 Å². The Morgan fingerprint density at radius 1 is 1.25 bits per heavy atom. The van der Waals surface area contributed by atoms with E-state index in [-0.39, 0.29) is 5.70 Å². The van der Waals surface area contributed by atoms with Crippen molar-refractivity contribution in [3.63, 3.8) is 0 Å². The highest BCUT2D eigenvalue weighted by Gasteiger charge is 2.12. The lowest BCUT2D eigenvalue weighted by Gasteiger charge is -2.09. The molecule has 0 aliphatic rings. The Labute approximate surface area is 160 Å². The number of fused-ring (bicyclic) bond motifs is 2. The Hall–Kier alpha value is -3.44. The van der Waals surface area contributed by atoms with E-state index in [1.165, 1.54) is 6.20 Å². The number of rotatable bonds is 6. The second-order valence-corrected chi connectivity index (χ2v) is 7.91. The summed E-state index contributed by atoms with van der Waals surface area (Å²) in [6, 6.07) is 9.83. The van der Waals surface area contributed by atoms with Crippen molar-refractivity contribution in [2.45, 2.75) is 6.54 Å². The fourth-order valence-corrected chi connectivity index (χ4v) is 2.93. The van der Waals surface area contributed by atoms with Gasteiger partial charge in [0.2, 0.25) is 15.7 Å². The number of nitrogens with zero attached hydrogens (tertiary/aromatic N) is 6. The summed E-state index contributed by atoms with van der Waals surface area (Å²) in [7, 11) is -3.43. The molecule has 11 heteroatoms. The van der Waals surface area contributed by atoms with Gasteiger partial charge in [-0.1, -0.05) is 23.9 Å². The normalized spacial score (nSPS) is 11.8. The number of hydrogen-bond acceptors (Lipinski definition) is 8. The molecule has 0 atom stereocenters. The summed E-state index contributed by atoms with van der Waals surface area (Å²) in [5.41, 5.74) is 5.89. The minimum absolute atomic E-state index is 0.254. The predicted octanol–water partition coefficient (Wildman–Crippen LogP) is 0.842. The number of benzene rings is 1.